The standard InChI is InChI=1S/C14H15N3O2/c18-13(9-5-6-9)15-8-7-12-16-11-4-2-1-3-10(11)14(19)17-12/h1-4,9H,5-8H2,(H,15,18)(H,16,17,19). The van der Waals surface area contributed by atoms with Gasteiger partial charge in [-0.25, -0.2) is 4.98 Å². The maximum absolute atomic E-state index is 11.8. The number of amides is 1. The Morgan fingerprint density at radius 1 is 1.37 bits per heavy atom. The number of hydrogen-bond donors (Lipinski definition) is 2. The van der Waals surface area contributed by atoms with E-state index in [1.54, 1.807) is 6.07 Å². The Morgan fingerprint density at radius 3 is 2.95 bits per heavy atom. The summed E-state index contributed by atoms with van der Waals surface area (Å²) in [6, 6.07) is 7.23. The molecule has 1 aromatic heterocycles. The van der Waals surface area contributed by atoms with Gasteiger partial charge in [-0.15, -0.1) is 0 Å². The Morgan fingerprint density at radius 2 is 2.16 bits per heavy atom. The van der Waals surface area contributed by atoms with E-state index < -0.39 is 0 Å². The summed E-state index contributed by atoms with van der Waals surface area (Å²) in [6.07, 6.45) is 2.53. The minimum atomic E-state index is -0.130. The van der Waals surface area contributed by atoms with Crippen LogP contribution in [0.2, 0.25) is 0 Å². The number of aromatic nitrogens is 2. The van der Waals surface area contributed by atoms with Crippen molar-refractivity contribution in [2.24, 2.45) is 5.92 Å². The van der Waals surface area contributed by atoms with E-state index in [4.69, 9.17) is 0 Å². The fourth-order valence-electron chi connectivity index (χ4n) is 2.05. The SMILES string of the molecule is O=C(NCCc1nc2ccccc2c(=O)[nH]1)C1CC1. The van der Waals surface area contributed by atoms with Crippen molar-refractivity contribution in [3.63, 3.8) is 0 Å². The number of carbonyl (C=O) groups is 1. The first-order valence-corrected chi connectivity index (χ1v) is 6.50. The van der Waals surface area contributed by atoms with Crippen LogP contribution in [0.3, 0.4) is 0 Å². The second-order valence-corrected chi connectivity index (χ2v) is 4.85. The van der Waals surface area contributed by atoms with Crippen molar-refractivity contribution < 1.29 is 4.79 Å². The predicted octanol–water partition coefficient (Wildman–Crippen LogP) is 0.992. The zero-order valence-corrected chi connectivity index (χ0v) is 10.5. The maximum Gasteiger partial charge on any atom is 0.258 e. The molecule has 5 heteroatoms. The van der Waals surface area contributed by atoms with Gasteiger partial charge in [0.1, 0.15) is 5.82 Å². The lowest BCUT2D eigenvalue weighted by atomic mass is 10.2. The molecule has 1 aliphatic carbocycles. The molecule has 0 bridgehead atoms. The van der Waals surface area contributed by atoms with Crippen molar-refractivity contribution in [2.75, 3.05) is 6.54 Å². The van der Waals surface area contributed by atoms with Crippen molar-refractivity contribution in [1.29, 1.82) is 0 Å². The van der Waals surface area contributed by atoms with Gasteiger partial charge in [-0.3, -0.25) is 9.59 Å². The topological polar surface area (TPSA) is 74.8 Å². The van der Waals surface area contributed by atoms with Gasteiger partial charge in [0.2, 0.25) is 5.91 Å². The first-order valence-electron chi connectivity index (χ1n) is 6.50. The number of rotatable bonds is 4. The van der Waals surface area contributed by atoms with Gasteiger partial charge < -0.3 is 10.3 Å². The van der Waals surface area contributed by atoms with Gasteiger partial charge in [0.25, 0.3) is 5.56 Å². The highest BCUT2D eigenvalue weighted by Crippen LogP contribution is 2.28. The molecule has 1 fully saturated rings. The Balaban J connectivity index is 1.70. The summed E-state index contributed by atoms with van der Waals surface area (Å²) in [7, 11) is 0. The summed E-state index contributed by atoms with van der Waals surface area (Å²) in [5, 5.41) is 3.45. The molecular formula is C14H15N3O2. The molecule has 5 nitrogen and oxygen atoms in total. The normalized spacial score (nSPS) is 14.5. The highest BCUT2D eigenvalue weighted by atomic mass is 16.2. The van der Waals surface area contributed by atoms with E-state index >= 15 is 0 Å². The van der Waals surface area contributed by atoms with Gasteiger partial charge in [-0.05, 0) is 25.0 Å². The fraction of sp³-hybridized carbons (Fsp3) is 0.357. The van der Waals surface area contributed by atoms with Crippen LogP contribution in [0.15, 0.2) is 29.1 Å². The highest BCUT2D eigenvalue weighted by Gasteiger charge is 2.29. The Labute approximate surface area is 110 Å². The molecule has 1 aromatic carbocycles. The van der Waals surface area contributed by atoms with E-state index in [0.717, 1.165) is 12.8 Å². The molecule has 0 aliphatic heterocycles. The first kappa shape index (κ1) is 11.9. The highest BCUT2D eigenvalue weighted by molar-refractivity contribution is 5.80. The maximum atomic E-state index is 11.8. The summed E-state index contributed by atoms with van der Waals surface area (Å²) in [5.41, 5.74) is 0.559. The number of benzene rings is 1. The van der Waals surface area contributed by atoms with Crippen LogP contribution in [-0.4, -0.2) is 22.4 Å². The quantitative estimate of drug-likeness (QED) is 0.857. The summed E-state index contributed by atoms with van der Waals surface area (Å²) in [4.78, 5) is 30.4. The summed E-state index contributed by atoms with van der Waals surface area (Å²) in [6.45, 7) is 0.511. The lowest BCUT2D eigenvalue weighted by molar-refractivity contribution is -0.122. The number of para-hydroxylation sites is 1. The molecule has 19 heavy (non-hydrogen) atoms. The van der Waals surface area contributed by atoms with Crippen LogP contribution in [0.1, 0.15) is 18.7 Å². The van der Waals surface area contributed by atoms with Gasteiger partial charge in [-0.1, -0.05) is 12.1 Å². The number of fused-ring (bicyclic) bond motifs is 1. The van der Waals surface area contributed by atoms with E-state index in [9.17, 15) is 9.59 Å². The summed E-state index contributed by atoms with van der Waals surface area (Å²) < 4.78 is 0. The van der Waals surface area contributed by atoms with Crippen molar-refractivity contribution >= 4 is 16.8 Å². The van der Waals surface area contributed by atoms with Crippen LogP contribution in [0, 0.1) is 5.92 Å². The third-order valence-corrected chi connectivity index (χ3v) is 3.27. The molecule has 3 rings (SSSR count). The third kappa shape index (κ3) is 2.65. The van der Waals surface area contributed by atoms with E-state index in [1.165, 1.54) is 0 Å². The molecular weight excluding hydrogens is 242 g/mol. The van der Waals surface area contributed by atoms with Crippen molar-refractivity contribution in [3.05, 3.63) is 40.4 Å². The van der Waals surface area contributed by atoms with Gasteiger partial charge in [-0.2, -0.15) is 0 Å². The molecule has 2 N–H and O–H groups in total. The van der Waals surface area contributed by atoms with Crippen LogP contribution in [-0.2, 0) is 11.2 Å². The molecule has 1 aliphatic rings. The smallest absolute Gasteiger partial charge is 0.258 e. The monoisotopic (exact) mass is 257 g/mol. The van der Waals surface area contributed by atoms with Gasteiger partial charge in [0.05, 0.1) is 10.9 Å². The van der Waals surface area contributed by atoms with Gasteiger partial charge in [0, 0.05) is 18.9 Å². The second-order valence-electron chi connectivity index (χ2n) is 4.85. The average Bonchev–Trinajstić information content (AvgIpc) is 3.23. The summed E-state index contributed by atoms with van der Waals surface area (Å²) in [5.74, 6) is 0.937. The second kappa shape index (κ2) is 4.84. The predicted molar refractivity (Wildman–Crippen MR) is 71.8 cm³/mol. The Bertz CT molecular complexity index is 674. The molecule has 0 unspecified atom stereocenters. The zero-order chi connectivity index (χ0) is 13.2. The number of hydrogen-bond acceptors (Lipinski definition) is 3. The van der Waals surface area contributed by atoms with E-state index in [-0.39, 0.29) is 17.4 Å². The van der Waals surface area contributed by atoms with E-state index in [2.05, 4.69) is 15.3 Å². The van der Waals surface area contributed by atoms with Crippen LogP contribution in [0.25, 0.3) is 10.9 Å². The van der Waals surface area contributed by atoms with Crippen LogP contribution in [0.4, 0.5) is 0 Å². The van der Waals surface area contributed by atoms with Crippen molar-refractivity contribution in [1.82, 2.24) is 15.3 Å². The lowest BCUT2D eigenvalue weighted by Crippen LogP contribution is -2.28. The average molecular weight is 257 g/mol. The number of nitrogens with one attached hydrogen (secondary N) is 2. The molecule has 0 atom stereocenters. The molecule has 0 saturated heterocycles. The van der Waals surface area contributed by atoms with Crippen molar-refractivity contribution in [3.8, 4) is 0 Å². The summed E-state index contributed by atoms with van der Waals surface area (Å²) >= 11 is 0. The Hall–Kier alpha value is -2.17. The van der Waals surface area contributed by atoms with Gasteiger partial charge in [0.15, 0.2) is 0 Å². The zero-order valence-electron chi connectivity index (χ0n) is 10.5. The van der Waals surface area contributed by atoms with E-state index in [0.29, 0.717) is 29.7 Å². The lowest BCUT2D eigenvalue weighted by Gasteiger charge is -2.04. The molecule has 1 saturated carbocycles. The fourth-order valence-corrected chi connectivity index (χ4v) is 2.05. The van der Waals surface area contributed by atoms with Gasteiger partial charge >= 0.3 is 0 Å². The number of nitrogens with zero attached hydrogens (tertiary/aromatic N) is 1. The molecule has 98 valence electrons. The first-order chi connectivity index (χ1) is 9.24. The third-order valence-electron chi connectivity index (χ3n) is 3.27. The molecule has 2 aromatic rings. The minimum absolute atomic E-state index is 0.114. The molecule has 1 amide bonds. The number of carbonyl (C=O) groups excluding carboxylic acids is 1. The number of H-pyrrole nitrogens is 1. The Kier molecular flexibility index (Phi) is 3.03. The van der Waals surface area contributed by atoms with Crippen LogP contribution >= 0.6 is 0 Å². The molecule has 1 heterocycles. The van der Waals surface area contributed by atoms with Crippen molar-refractivity contribution in [2.45, 2.75) is 19.3 Å². The van der Waals surface area contributed by atoms with Crippen LogP contribution in [0.5, 0.6) is 0 Å². The largest absolute Gasteiger partial charge is 0.355 e. The number of aromatic amines is 1. The molecule has 0 radical (unpaired) electrons. The minimum Gasteiger partial charge on any atom is -0.355 e. The molecule has 0 spiro atoms. The van der Waals surface area contributed by atoms with E-state index in [1.807, 2.05) is 18.2 Å². The van der Waals surface area contributed by atoms with Crippen LogP contribution < -0.4 is 10.9 Å².